The first-order valence-corrected chi connectivity index (χ1v) is 8.05. The number of hydrogen-bond acceptors (Lipinski definition) is 2. The molecule has 4 heteroatoms. The highest BCUT2D eigenvalue weighted by molar-refractivity contribution is 5.94. The number of likely N-dealkylation sites (tertiary alicyclic amines) is 1. The second-order valence-electron chi connectivity index (χ2n) is 6.67. The second kappa shape index (κ2) is 5.66. The number of nitrogens with zero attached hydrogens (tertiary/aromatic N) is 2. The molecule has 1 saturated heterocycles. The van der Waals surface area contributed by atoms with E-state index in [9.17, 15) is 9.59 Å². The lowest BCUT2D eigenvalue weighted by atomic mass is 9.73. The molecule has 3 atom stereocenters. The minimum absolute atomic E-state index is 0.0749. The maximum Gasteiger partial charge on any atom is 0.255 e. The summed E-state index contributed by atoms with van der Waals surface area (Å²) in [4.78, 5) is 26.4. The number of hydrogen-bond donors (Lipinski definition) is 0. The van der Waals surface area contributed by atoms with Crippen molar-refractivity contribution in [2.75, 3.05) is 6.54 Å². The molecule has 1 aromatic rings. The number of carbonyl (C=O) groups excluding carboxylic acids is 1. The Hall–Kier alpha value is -1.58. The highest BCUT2D eigenvalue weighted by Gasteiger charge is 2.39. The maximum atomic E-state index is 12.9. The first-order chi connectivity index (χ1) is 10.1. The smallest absolute Gasteiger partial charge is 0.255 e. The van der Waals surface area contributed by atoms with Crippen molar-refractivity contribution in [3.05, 3.63) is 34.2 Å². The van der Waals surface area contributed by atoms with Crippen LogP contribution in [0, 0.1) is 11.8 Å². The van der Waals surface area contributed by atoms with Crippen LogP contribution in [0.4, 0.5) is 0 Å². The van der Waals surface area contributed by atoms with Crippen molar-refractivity contribution in [1.82, 2.24) is 9.47 Å². The summed E-state index contributed by atoms with van der Waals surface area (Å²) in [5.41, 5.74) is 0.560. The zero-order chi connectivity index (χ0) is 15.0. The summed E-state index contributed by atoms with van der Waals surface area (Å²) in [6.07, 6.45) is 7.80. The number of pyridine rings is 1. The summed E-state index contributed by atoms with van der Waals surface area (Å²) in [5, 5.41) is 0. The Labute approximate surface area is 125 Å². The fourth-order valence-corrected chi connectivity index (χ4v) is 4.18. The van der Waals surface area contributed by atoms with Crippen LogP contribution >= 0.6 is 0 Å². The Morgan fingerprint density at radius 1 is 1.19 bits per heavy atom. The summed E-state index contributed by atoms with van der Waals surface area (Å²) >= 11 is 0. The molecule has 2 aliphatic rings. The van der Waals surface area contributed by atoms with Gasteiger partial charge in [0, 0.05) is 31.9 Å². The molecule has 1 saturated carbocycles. The van der Waals surface area contributed by atoms with Crippen molar-refractivity contribution in [3.63, 3.8) is 0 Å². The summed E-state index contributed by atoms with van der Waals surface area (Å²) in [7, 11) is 1.70. The molecule has 3 rings (SSSR count). The molecule has 2 fully saturated rings. The van der Waals surface area contributed by atoms with E-state index in [2.05, 4.69) is 11.8 Å². The predicted octanol–water partition coefficient (Wildman–Crippen LogP) is 2.43. The van der Waals surface area contributed by atoms with Gasteiger partial charge in [0.25, 0.3) is 5.91 Å². The van der Waals surface area contributed by atoms with Gasteiger partial charge in [-0.2, -0.15) is 0 Å². The second-order valence-corrected chi connectivity index (χ2v) is 6.67. The largest absolute Gasteiger partial charge is 0.335 e. The minimum Gasteiger partial charge on any atom is -0.335 e. The van der Waals surface area contributed by atoms with Gasteiger partial charge in [-0.3, -0.25) is 9.59 Å². The third-order valence-electron chi connectivity index (χ3n) is 5.23. The van der Waals surface area contributed by atoms with E-state index in [-0.39, 0.29) is 11.5 Å². The topological polar surface area (TPSA) is 42.3 Å². The lowest BCUT2D eigenvalue weighted by molar-refractivity contribution is 0.0210. The minimum atomic E-state index is -0.0749. The first-order valence-electron chi connectivity index (χ1n) is 8.05. The van der Waals surface area contributed by atoms with Crippen molar-refractivity contribution in [3.8, 4) is 0 Å². The van der Waals surface area contributed by atoms with Crippen LogP contribution in [0.15, 0.2) is 23.1 Å². The highest BCUT2D eigenvalue weighted by Crippen LogP contribution is 2.39. The Kier molecular flexibility index (Phi) is 3.87. The molecule has 1 amide bonds. The Morgan fingerprint density at radius 3 is 2.71 bits per heavy atom. The molecule has 21 heavy (non-hydrogen) atoms. The molecule has 1 aliphatic heterocycles. The zero-order valence-electron chi connectivity index (χ0n) is 12.9. The van der Waals surface area contributed by atoms with Crippen LogP contribution in [0.25, 0.3) is 0 Å². The Morgan fingerprint density at radius 2 is 1.95 bits per heavy atom. The normalized spacial score (nSPS) is 29.0. The van der Waals surface area contributed by atoms with Crippen LogP contribution < -0.4 is 5.56 Å². The average molecular weight is 288 g/mol. The number of amides is 1. The van der Waals surface area contributed by atoms with Crippen molar-refractivity contribution in [2.24, 2.45) is 18.9 Å². The number of carbonyl (C=O) groups is 1. The molecular formula is C17H24N2O2. The first kappa shape index (κ1) is 14.4. The Bertz CT molecular complexity index is 591. The molecule has 0 radical (unpaired) electrons. The van der Waals surface area contributed by atoms with Gasteiger partial charge in [0.2, 0.25) is 5.56 Å². The van der Waals surface area contributed by atoms with Crippen LogP contribution in [0.2, 0.25) is 0 Å². The van der Waals surface area contributed by atoms with Crippen molar-refractivity contribution in [2.45, 2.75) is 45.1 Å². The number of fused-ring (bicyclic) bond motifs is 1. The number of piperidine rings is 1. The van der Waals surface area contributed by atoms with Gasteiger partial charge in [0.15, 0.2) is 0 Å². The van der Waals surface area contributed by atoms with E-state index in [0.717, 1.165) is 13.0 Å². The molecule has 2 heterocycles. The van der Waals surface area contributed by atoms with E-state index < -0.39 is 0 Å². The van der Waals surface area contributed by atoms with Gasteiger partial charge in [0.05, 0.1) is 5.56 Å². The van der Waals surface area contributed by atoms with Crippen molar-refractivity contribution in [1.29, 1.82) is 0 Å². The van der Waals surface area contributed by atoms with E-state index in [1.54, 1.807) is 19.3 Å². The van der Waals surface area contributed by atoms with Gasteiger partial charge < -0.3 is 9.47 Å². The van der Waals surface area contributed by atoms with Gasteiger partial charge in [-0.25, -0.2) is 0 Å². The maximum absolute atomic E-state index is 12.9. The van der Waals surface area contributed by atoms with Gasteiger partial charge >= 0.3 is 0 Å². The third-order valence-corrected chi connectivity index (χ3v) is 5.23. The van der Waals surface area contributed by atoms with Crippen molar-refractivity contribution >= 4 is 5.91 Å². The number of aromatic nitrogens is 1. The SMILES string of the molecule is CC1CCCC2CCCN(C(=O)c3ccc(=O)n(C)c3)C12. The molecule has 4 nitrogen and oxygen atoms in total. The molecule has 0 bridgehead atoms. The lowest BCUT2D eigenvalue weighted by Gasteiger charge is -2.47. The van der Waals surface area contributed by atoms with Crippen molar-refractivity contribution < 1.29 is 4.79 Å². The quantitative estimate of drug-likeness (QED) is 0.796. The van der Waals surface area contributed by atoms with E-state index >= 15 is 0 Å². The van der Waals surface area contributed by atoms with Crippen LogP contribution in [-0.4, -0.2) is 28.0 Å². The molecule has 0 aromatic carbocycles. The predicted molar refractivity (Wildman–Crippen MR) is 82.2 cm³/mol. The van der Waals surface area contributed by atoms with E-state index in [0.29, 0.717) is 23.4 Å². The van der Waals surface area contributed by atoms with Gasteiger partial charge in [-0.15, -0.1) is 0 Å². The molecule has 1 aromatic heterocycles. The number of aryl methyl sites for hydroxylation is 1. The molecule has 1 aliphatic carbocycles. The third kappa shape index (κ3) is 2.63. The Balaban J connectivity index is 1.88. The van der Waals surface area contributed by atoms with E-state index in [1.807, 2.05) is 0 Å². The van der Waals surface area contributed by atoms with Crippen LogP contribution in [0.5, 0.6) is 0 Å². The van der Waals surface area contributed by atoms with Crippen LogP contribution in [-0.2, 0) is 7.05 Å². The molecule has 3 unspecified atom stereocenters. The average Bonchev–Trinajstić information content (AvgIpc) is 2.49. The van der Waals surface area contributed by atoms with Gasteiger partial charge in [-0.05, 0) is 43.6 Å². The summed E-state index contributed by atoms with van der Waals surface area (Å²) in [5.74, 6) is 1.34. The van der Waals surface area contributed by atoms with Crippen LogP contribution in [0.3, 0.4) is 0 Å². The standard InChI is InChI=1S/C17H24N2O2/c1-12-5-3-6-13-7-4-10-19(16(12)13)17(21)14-8-9-15(20)18(2)11-14/h8-9,11-13,16H,3-7,10H2,1-2H3. The highest BCUT2D eigenvalue weighted by atomic mass is 16.2. The fourth-order valence-electron chi connectivity index (χ4n) is 4.18. The van der Waals surface area contributed by atoms with E-state index in [1.165, 1.54) is 36.3 Å². The van der Waals surface area contributed by atoms with Gasteiger partial charge in [-0.1, -0.05) is 13.3 Å². The van der Waals surface area contributed by atoms with Crippen LogP contribution in [0.1, 0.15) is 49.4 Å². The molecule has 0 spiro atoms. The fraction of sp³-hybridized carbons (Fsp3) is 0.647. The zero-order valence-corrected chi connectivity index (χ0v) is 12.9. The van der Waals surface area contributed by atoms with Gasteiger partial charge in [0.1, 0.15) is 0 Å². The monoisotopic (exact) mass is 288 g/mol. The molecule has 0 N–H and O–H groups in total. The lowest BCUT2D eigenvalue weighted by Crippen LogP contribution is -2.53. The van der Waals surface area contributed by atoms with E-state index in [4.69, 9.17) is 0 Å². The molecular weight excluding hydrogens is 264 g/mol. The summed E-state index contributed by atoms with van der Waals surface area (Å²) < 4.78 is 1.49. The summed E-state index contributed by atoms with van der Waals surface area (Å²) in [6, 6.07) is 3.54. The molecule has 114 valence electrons. The summed E-state index contributed by atoms with van der Waals surface area (Å²) in [6.45, 7) is 3.14. The number of rotatable bonds is 1.